The molecule has 1 saturated carbocycles. The Labute approximate surface area is 184 Å². The average molecular weight is 427 g/mol. The molecule has 6 heteroatoms. The number of fused-ring (bicyclic) bond motifs is 1. The number of ether oxygens (including phenoxy) is 1. The van der Waals surface area contributed by atoms with Crippen LogP contribution in [-0.4, -0.2) is 34.6 Å². The summed E-state index contributed by atoms with van der Waals surface area (Å²) in [6.07, 6.45) is 7.39. The van der Waals surface area contributed by atoms with Gasteiger partial charge in [-0.25, -0.2) is 4.98 Å². The number of nitrogens with zero attached hydrogens (tertiary/aromatic N) is 4. The quantitative estimate of drug-likeness (QED) is 0.456. The van der Waals surface area contributed by atoms with Gasteiger partial charge in [-0.05, 0) is 55.7 Å². The minimum absolute atomic E-state index is 0.576. The van der Waals surface area contributed by atoms with Crippen molar-refractivity contribution in [3.05, 3.63) is 40.8 Å². The second kappa shape index (κ2) is 8.46. The van der Waals surface area contributed by atoms with Gasteiger partial charge in [0.25, 0.3) is 0 Å². The van der Waals surface area contributed by atoms with Gasteiger partial charge in [0.1, 0.15) is 17.3 Å². The third kappa shape index (κ3) is 4.00. The molecule has 0 bridgehead atoms. The number of hydrogen-bond acceptors (Lipinski definition) is 4. The highest BCUT2D eigenvalue weighted by Gasteiger charge is 2.29. The van der Waals surface area contributed by atoms with Crippen molar-refractivity contribution in [2.75, 3.05) is 25.1 Å². The average Bonchev–Trinajstić information content (AvgIpc) is 3.43. The van der Waals surface area contributed by atoms with Crippen LogP contribution in [0.4, 0.5) is 5.82 Å². The minimum Gasteiger partial charge on any atom is -0.496 e. The molecule has 1 aliphatic rings. The van der Waals surface area contributed by atoms with Crippen LogP contribution in [0, 0.1) is 18.8 Å². The molecule has 2 heterocycles. The summed E-state index contributed by atoms with van der Waals surface area (Å²) < 4.78 is 7.86. The van der Waals surface area contributed by atoms with E-state index in [1.54, 1.807) is 7.11 Å². The minimum atomic E-state index is 0.576. The van der Waals surface area contributed by atoms with Crippen LogP contribution >= 0.6 is 11.6 Å². The van der Waals surface area contributed by atoms with Crippen molar-refractivity contribution < 1.29 is 4.74 Å². The fraction of sp³-hybridized carbons (Fsp3) is 0.500. The Morgan fingerprint density at radius 3 is 2.70 bits per heavy atom. The van der Waals surface area contributed by atoms with Gasteiger partial charge in [0.15, 0.2) is 5.65 Å². The van der Waals surface area contributed by atoms with E-state index < -0.39 is 0 Å². The van der Waals surface area contributed by atoms with E-state index in [9.17, 15) is 0 Å². The lowest BCUT2D eigenvalue weighted by atomic mass is 10.1. The molecule has 30 heavy (non-hydrogen) atoms. The first kappa shape index (κ1) is 21.0. The van der Waals surface area contributed by atoms with Crippen LogP contribution < -0.4 is 9.64 Å². The second-order valence-electron chi connectivity index (χ2n) is 8.77. The number of halogens is 1. The summed E-state index contributed by atoms with van der Waals surface area (Å²) in [7, 11) is 1.67. The molecule has 1 fully saturated rings. The fourth-order valence-electron chi connectivity index (χ4n) is 4.16. The molecule has 3 aromatic rings. The number of aromatic nitrogens is 3. The predicted octanol–water partition coefficient (Wildman–Crippen LogP) is 5.80. The number of benzene rings is 1. The van der Waals surface area contributed by atoms with Crippen molar-refractivity contribution in [1.29, 1.82) is 0 Å². The molecule has 4 rings (SSSR count). The zero-order chi connectivity index (χ0) is 21.4. The topological polar surface area (TPSA) is 42.7 Å². The maximum absolute atomic E-state index is 6.67. The number of rotatable bonds is 8. The van der Waals surface area contributed by atoms with Crippen LogP contribution in [0.25, 0.3) is 16.9 Å². The summed E-state index contributed by atoms with van der Waals surface area (Å²) in [4.78, 5) is 12.3. The zero-order valence-electron chi connectivity index (χ0n) is 18.6. The van der Waals surface area contributed by atoms with Crippen LogP contribution in [0.1, 0.15) is 44.9 Å². The van der Waals surface area contributed by atoms with E-state index in [0.29, 0.717) is 10.9 Å². The third-order valence-electron chi connectivity index (χ3n) is 5.64. The summed E-state index contributed by atoms with van der Waals surface area (Å²) in [6, 6.07) is 3.95. The van der Waals surface area contributed by atoms with Crippen LogP contribution in [0.5, 0.6) is 5.75 Å². The SMILES string of the molecule is CCc1nc2c(-c3c(Cl)cc(C)cc3OC)nccn2c1N(CC(C)C)CC1CC1. The highest BCUT2D eigenvalue weighted by atomic mass is 35.5. The summed E-state index contributed by atoms with van der Waals surface area (Å²) >= 11 is 6.67. The lowest BCUT2D eigenvalue weighted by molar-refractivity contribution is 0.416. The molecule has 0 N–H and O–H groups in total. The first-order valence-electron chi connectivity index (χ1n) is 10.9. The summed E-state index contributed by atoms with van der Waals surface area (Å²) in [6.45, 7) is 10.8. The van der Waals surface area contributed by atoms with Crippen LogP contribution in [0.2, 0.25) is 5.02 Å². The predicted molar refractivity (Wildman–Crippen MR) is 124 cm³/mol. The number of hydrogen-bond donors (Lipinski definition) is 0. The number of methoxy groups -OCH3 is 1. The molecular weight excluding hydrogens is 396 g/mol. The van der Waals surface area contributed by atoms with Crippen molar-refractivity contribution in [2.45, 2.75) is 47.0 Å². The normalized spacial score (nSPS) is 14.0. The van der Waals surface area contributed by atoms with E-state index in [2.05, 4.69) is 30.1 Å². The molecule has 0 aliphatic heterocycles. The summed E-state index contributed by atoms with van der Waals surface area (Å²) in [5.41, 5.74) is 4.55. The van der Waals surface area contributed by atoms with Crippen LogP contribution in [-0.2, 0) is 6.42 Å². The summed E-state index contributed by atoms with van der Waals surface area (Å²) in [5.74, 6) is 3.29. The van der Waals surface area contributed by atoms with Gasteiger partial charge < -0.3 is 9.64 Å². The van der Waals surface area contributed by atoms with E-state index in [0.717, 1.165) is 59.3 Å². The highest BCUT2D eigenvalue weighted by molar-refractivity contribution is 6.34. The lowest BCUT2D eigenvalue weighted by Crippen LogP contribution is -2.31. The fourth-order valence-corrected chi connectivity index (χ4v) is 4.52. The Balaban J connectivity index is 1.92. The maximum Gasteiger partial charge on any atom is 0.165 e. The van der Waals surface area contributed by atoms with Gasteiger partial charge in [-0.3, -0.25) is 9.38 Å². The summed E-state index contributed by atoms with van der Waals surface area (Å²) in [5, 5.41) is 0.632. The van der Waals surface area contributed by atoms with Crippen LogP contribution in [0.15, 0.2) is 24.5 Å². The molecule has 2 aromatic heterocycles. The molecule has 160 valence electrons. The van der Waals surface area contributed by atoms with Crippen molar-refractivity contribution in [3.63, 3.8) is 0 Å². The molecule has 0 atom stereocenters. The van der Waals surface area contributed by atoms with Gasteiger partial charge in [0.05, 0.1) is 23.4 Å². The number of aryl methyl sites for hydroxylation is 2. The van der Waals surface area contributed by atoms with E-state index >= 15 is 0 Å². The van der Waals surface area contributed by atoms with Gasteiger partial charge in [-0.1, -0.05) is 32.4 Å². The van der Waals surface area contributed by atoms with Crippen molar-refractivity contribution in [2.24, 2.45) is 11.8 Å². The Hall–Kier alpha value is -2.27. The molecule has 0 saturated heterocycles. The third-order valence-corrected chi connectivity index (χ3v) is 5.94. The lowest BCUT2D eigenvalue weighted by Gasteiger charge is -2.27. The molecular formula is C24H31ClN4O. The second-order valence-corrected chi connectivity index (χ2v) is 9.18. The number of anilines is 1. The molecule has 0 unspecified atom stereocenters. The maximum atomic E-state index is 6.67. The Morgan fingerprint density at radius 2 is 2.07 bits per heavy atom. The van der Waals surface area contributed by atoms with Gasteiger partial charge in [0.2, 0.25) is 0 Å². The highest BCUT2D eigenvalue weighted by Crippen LogP contribution is 2.40. The molecule has 0 radical (unpaired) electrons. The number of imidazole rings is 1. The van der Waals surface area contributed by atoms with E-state index in [1.165, 1.54) is 18.7 Å². The van der Waals surface area contributed by atoms with Crippen LogP contribution in [0.3, 0.4) is 0 Å². The first-order valence-corrected chi connectivity index (χ1v) is 11.3. The molecule has 0 spiro atoms. The van der Waals surface area contributed by atoms with E-state index in [1.807, 2.05) is 31.5 Å². The zero-order valence-corrected chi connectivity index (χ0v) is 19.3. The smallest absolute Gasteiger partial charge is 0.165 e. The Morgan fingerprint density at radius 1 is 1.30 bits per heavy atom. The standard InChI is InChI=1S/C24H31ClN4O/c1-6-19-24(28(13-15(2)3)14-17-7-8-17)29-10-9-26-22(23(29)27-19)21-18(25)11-16(4)12-20(21)30-5/h9-12,15,17H,6-8,13-14H2,1-5H3. The molecule has 0 amide bonds. The van der Waals surface area contributed by atoms with Crippen molar-refractivity contribution in [1.82, 2.24) is 14.4 Å². The Bertz CT molecular complexity index is 1050. The van der Waals surface area contributed by atoms with Crippen molar-refractivity contribution in [3.8, 4) is 17.0 Å². The molecule has 5 nitrogen and oxygen atoms in total. The van der Waals surface area contributed by atoms with Gasteiger partial charge in [-0.2, -0.15) is 0 Å². The van der Waals surface area contributed by atoms with E-state index in [-0.39, 0.29) is 0 Å². The van der Waals surface area contributed by atoms with E-state index in [4.69, 9.17) is 26.3 Å². The molecule has 1 aliphatic carbocycles. The Kier molecular flexibility index (Phi) is 5.92. The first-order chi connectivity index (χ1) is 14.4. The largest absolute Gasteiger partial charge is 0.496 e. The van der Waals surface area contributed by atoms with Gasteiger partial charge >= 0.3 is 0 Å². The van der Waals surface area contributed by atoms with Gasteiger partial charge in [-0.15, -0.1) is 0 Å². The van der Waals surface area contributed by atoms with Gasteiger partial charge in [0, 0.05) is 25.5 Å². The molecule has 1 aromatic carbocycles. The monoisotopic (exact) mass is 426 g/mol. The van der Waals surface area contributed by atoms with Crippen molar-refractivity contribution >= 4 is 23.1 Å².